The zero-order valence-corrected chi connectivity index (χ0v) is 15.4. The normalized spacial score (nSPS) is 11.8. The van der Waals surface area contributed by atoms with Gasteiger partial charge in [-0.15, -0.1) is 0 Å². The molecule has 2 aromatic carbocycles. The predicted octanol–water partition coefficient (Wildman–Crippen LogP) is 4.13. The number of hydrogen-bond acceptors (Lipinski definition) is 6. The summed E-state index contributed by atoms with van der Waals surface area (Å²) in [6, 6.07) is 5.90. The van der Waals surface area contributed by atoms with Crippen LogP contribution in [-0.2, 0) is 11.0 Å². The number of carbonyl (C=O) groups is 1. The van der Waals surface area contributed by atoms with Crippen LogP contribution in [0.15, 0.2) is 48.0 Å². The number of carboxylic acid groups (broad SMARTS) is 1. The molecule has 0 aliphatic rings. The van der Waals surface area contributed by atoms with Crippen molar-refractivity contribution in [3.63, 3.8) is 0 Å². The Morgan fingerprint density at radius 1 is 1.21 bits per heavy atom. The smallest absolute Gasteiger partial charge is 0.416 e. The third-order valence-corrected chi connectivity index (χ3v) is 3.73. The lowest BCUT2D eigenvalue weighted by Gasteiger charge is -2.12. The quantitative estimate of drug-likeness (QED) is 0.372. The van der Waals surface area contributed by atoms with Gasteiger partial charge < -0.3 is 19.4 Å². The van der Waals surface area contributed by atoms with Gasteiger partial charge in [-0.2, -0.15) is 13.2 Å². The van der Waals surface area contributed by atoms with Gasteiger partial charge in [0.05, 0.1) is 21.5 Å². The molecular formula is C18H12ClF3NO6-. The number of nitro groups is 1. The molecule has 29 heavy (non-hydrogen) atoms. The zero-order valence-electron chi connectivity index (χ0n) is 14.7. The van der Waals surface area contributed by atoms with Crippen molar-refractivity contribution < 1.29 is 37.5 Å². The average molecular weight is 431 g/mol. The van der Waals surface area contributed by atoms with Crippen LogP contribution in [-0.4, -0.2) is 17.5 Å². The maximum atomic E-state index is 12.7. The van der Waals surface area contributed by atoms with Crippen molar-refractivity contribution >= 4 is 23.3 Å². The minimum absolute atomic E-state index is 0.00814. The lowest BCUT2D eigenvalue weighted by molar-refractivity contribution is -0.385. The van der Waals surface area contributed by atoms with Crippen molar-refractivity contribution in [2.45, 2.75) is 13.1 Å². The van der Waals surface area contributed by atoms with Gasteiger partial charge in [0.2, 0.25) is 5.75 Å². The summed E-state index contributed by atoms with van der Waals surface area (Å²) >= 11 is 5.82. The number of nitrogens with zero attached hydrogens (tertiary/aromatic N) is 1. The van der Waals surface area contributed by atoms with Gasteiger partial charge >= 0.3 is 11.9 Å². The van der Waals surface area contributed by atoms with E-state index in [-0.39, 0.29) is 34.5 Å². The van der Waals surface area contributed by atoms with Gasteiger partial charge in [-0.25, -0.2) is 0 Å². The number of alkyl halides is 3. The third-order valence-electron chi connectivity index (χ3n) is 3.43. The Kier molecular flexibility index (Phi) is 6.70. The first kappa shape index (κ1) is 22.0. The van der Waals surface area contributed by atoms with Crippen molar-refractivity contribution in [1.82, 2.24) is 0 Å². The van der Waals surface area contributed by atoms with Crippen LogP contribution >= 0.6 is 11.6 Å². The summed E-state index contributed by atoms with van der Waals surface area (Å²) in [7, 11) is 0. The molecule has 2 rings (SSSR count). The van der Waals surface area contributed by atoms with Gasteiger partial charge in [-0.3, -0.25) is 10.1 Å². The second-order valence-corrected chi connectivity index (χ2v) is 6.14. The first-order valence-corrected chi connectivity index (χ1v) is 8.19. The Labute approximate surface area is 167 Å². The molecule has 0 aliphatic heterocycles. The van der Waals surface area contributed by atoms with E-state index in [1.807, 2.05) is 0 Å². The van der Waals surface area contributed by atoms with Crippen molar-refractivity contribution in [2.24, 2.45) is 0 Å². The van der Waals surface area contributed by atoms with Crippen molar-refractivity contribution in [3.8, 4) is 17.2 Å². The molecule has 0 bridgehead atoms. The highest BCUT2D eigenvalue weighted by Gasteiger charge is 2.31. The Bertz CT molecular complexity index is 975. The van der Waals surface area contributed by atoms with E-state index in [1.54, 1.807) is 0 Å². The Morgan fingerprint density at radius 3 is 2.45 bits per heavy atom. The summed E-state index contributed by atoms with van der Waals surface area (Å²) in [5.74, 6) is -1.78. The first-order valence-electron chi connectivity index (χ1n) is 7.81. The second-order valence-electron chi connectivity index (χ2n) is 5.73. The van der Waals surface area contributed by atoms with Crippen LogP contribution < -0.4 is 14.6 Å². The summed E-state index contributed by atoms with van der Waals surface area (Å²) < 4.78 is 48.8. The Hall–Kier alpha value is -3.27. The number of ether oxygens (including phenoxy) is 2. The summed E-state index contributed by atoms with van der Waals surface area (Å²) in [4.78, 5) is 20.9. The molecule has 154 valence electrons. The van der Waals surface area contributed by atoms with Crippen LogP contribution in [0.1, 0.15) is 12.5 Å². The molecule has 0 unspecified atom stereocenters. The van der Waals surface area contributed by atoms with Gasteiger partial charge in [0.1, 0.15) is 18.1 Å². The van der Waals surface area contributed by atoms with Gasteiger partial charge in [-0.1, -0.05) is 11.6 Å². The van der Waals surface area contributed by atoms with Crippen LogP contribution in [0, 0.1) is 10.1 Å². The van der Waals surface area contributed by atoms with E-state index in [1.165, 1.54) is 13.0 Å². The third kappa shape index (κ3) is 6.11. The number of carbonyl (C=O) groups excluding carboxylic acids is 1. The van der Waals surface area contributed by atoms with Gasteiger partial charge in [-0.05, 0) is 42.8 Å². The number of rotatable bonds is 7. The summed E-state index contributed by atoms with van der Waals surface area (Å²) in [5.41, 5.74) is -1.15. The molecule has 0 aromatic heterocycles. The van der Waals surface area contributed by atoms with E-state index in [2.05, 4.69) is 0 Å². The van der Waals surface area contributed by atoms with Gasteiger partial charge in [0.15, 0.2) is 0 Å². The molecule has 0 atom stereocenters. The Morgan fingerprint density at radius 2 is 1.90 bits per heavy atom. The van der Waals surface area contributed by atoms with E-state index in [0.29, 0.717) is 6.07 Å². The molecule has 0 aliphatic carbocycles. The highest BCUT2D eigenvalue weighted by molar-refractivity contribution is 6.32. The van der Waals surface area contributed by atoms with Crippen molar-refractivity contribution in [3.05, 3.63) is 68.7 Å². The maximum Gasteiger partial charge on any atom is 0.416 e. The number of aliphatic carboxylic acids is 1. The topological polar surface area (TPSA) is 102 Å². The monoisotopic (exact) mass is 430 g/mol. The van der Waals surface area contributed by atoms with Crippen LogP contribution in [0.25, 0.3) is 0 Å². The molecular weight excluding hydrogens is 419 g/mol. The molecule has 7 nitrogen and oxygen atoms in total. The lowest BCUT2D eigenvalue weighted by Crippen LogP contribution is -2.20. The summed E-state index contributed by atoms with van der Waals surface area (Å²) in [6.07, 6.45) is -3.80. The highest BCUT2D eigenvalue weighted by Crippen LogP contribution is 2.38. The van der Waals surface area contributed by atoms with Crippen LogP contribution in [0.4, 0.5) is 18.9 Å². The first-order chi connectivity index (χ1) is 13.5. The molecule has 11 heteroatoms. The van der Waals surface area contributed by atoms with Crippen LogP contribution in [0.2, 0.25) is 5.02 Å². The van der Waals surface area contributed by atoms with Gasteiger partial charge in [0, 0.05) is 12.1 Å². The molecule has 0 heterocycles. The van der Waals surface area contributed by atoms with Crippen molar-refractivity contribution in [1.29, 1.82) is 0 Å². The number of hydrogen-bond donors (Lipinski definition) is 0. The molecule has 0 saturated heterocycles. The zero-order chi connectivity index (χ0) is 21.8. The lowest BCUT2D eigenvalue weighted by atomic mass is 10.2. The van der Waals surface area contributed by atoms with E-state index >= 15 is 0 Å². The largest absolute Gasteiger partial charge is 0.545 e. The molecule has 0 fully saturated rings. The number of nitro benzene ring substituents is 1. The van der Waals surface area contributed by atoms with Crippen LogP contribution in [0.3, 0.4) is 0 Å². The second kappa shape index (κ2) is 8.82. The van der Waals surface area contributed by atoms with E-state index in [4.69, 9.17) is 21.1 Å². The fourth-order valence-electron chi connectivity index (χ4n) is 2.15. The Balaban J connectivity index is 2.28. The fraction of sp³-hybridized carbons (Fsp3) is 0.167. The average Bonchev–Trinajstić information content (AvgIpc) is 2.60. The van der Waals surface area contributed by atoms with Crippen molar-refractivity contribution in [2.75, 3.05) is 6.61 Å². The number of halogens is 4. The molecule has 2 aromatic rings. The minimum atomic E-state index is -4.58. The SMILES string of the molecule is C/C(=C\C(=O)[O-])COc1cc(Oc2ccc(C(F)(F)F)cc2Cl)ccc1[N+](=O)[O-]. The molecule has 0 amide bonds. The van der Waals surface area contributed by atoms with E-state index in [9.17, 15) is 33.2 Å². The summed E-state index contributed by atoms with van der Waals surface area (Å²) in [5, 5.41) is 21.3. The molecule has 0 spiro atoms. The summed E-state index contributed by atoms with van der Waals surface area (Å²) in [6.45, 7) is 1.14. The maximum absolute atomic E-state index is 12.7. The van der Waals surface area contributed by atoms with E-state index < -0.39 is 28.3 Å². The molecule has 0 saturated carbocycles. The molecule has 0 N–H and O–H groups in total. The minimum Gasteiger partial charge on any atom is -0.545 e. The standard InChI is InChI=1S/C18H13ClF3NO6/c1-10(6-17(24)25)9-28-16-8-12(3-4-14(16)23(26)27)29-15-5-2-11(7-13(15)19)18(20,21)22/h2-8H,9H2,1H3,(H,24,25)/p-1/b10-6+. The van der Waals surface area contributed by atoms with E-state index in [0.717, 1.165) is 30.3 Å². The number of benzene rings is 2. The van der Waals surface area contributed by atoms with Crippen LogP contribution in [0.5, 0.6) is 17.2 Å². The van der Waals surface area contributed by atoms with Gasteiger partial charge in [0.25, 0.3) is 0 Å². The highest BCUT2D eigenvalue weighted by atomic mass is 35.5. The predicted molar refractivity (Wildman–Crippen MR) is 93.9 cm³/mol. The number of carboxylic acids is 1. The molecule has 0 radical (unpaired) electrons. The fourth-order valence-corrected chi connectivity index (χ4v) is 2.36.